The predicted octanol–water partition coefficient (Wildman–Crippen LogP) is 5.55. The fourth-order valence-corrected chi connectivity index (χ4v) is 7.43. The molecule has 2 heterocycles. The second-order valence-corrected chi connectivity index (χ2v) is 16.5. The SMILES string of the molecule is CCCCCCCCCCCCCCCC(O)C(N)COC1OC(CO)C(O)C(O)C1O.CS(=O)CCCCCCCCCCN1CCCC1. The summed E-state index contributed by atoms with van der Waals surface area (Å²) in [5.41, 5.74) is 5.98. The molecule has 0 aromatic carbocycles. The van der Waals surface area contributed by atoms with Crippen molar-refractivity contribution in [2.24, 2.45) is 5.73 Å². The molecule has 0 spiro atoms. The molecule has 0 radical (unpaired) electrons. The lowest BCUT2D eigenvalue weighted by atomic mass is 9.99. The molecule has 2 fully saturated rings. The summed E-state index contributed by atoms with van der Waals surface area (Å²) in [6, 6.07) is -0.653. The van der Waals surface area contributed by atoms with E-state index in [1.54, 1.807) is 6.26 Å². The number of aliphatic hydroxyl groups is 5. The van der Waals surface area contributed by atoms with Gasteiger partial charge in [-0.2, -0.15) is 0 Å². The molecule has 300 valence electrons. The first kappa shape index (κ1) is 47.8. The Hall–Kier alpha value is -0.210. The van der Waals surface area contributed by atoms with Crippen molar-refractivity contribution in [3.63, 3.8) is 0 Å². The van der Waals surface area contributed by atoms with Gasteiger partial charge in [-0.25, -0.2) is 0 Å². The van der Waals surface area contributed by atoms with Crippen LogP contribution in [-0.2, 0) is 20.3 Å². The van der Waals surface area contributed by atoms with Gasteiger partial charge in [0.25, 0.3) is 0 Å². The maximum Gasteiger partial charge on any atom is 0.186 e. The highest BCUT2D eigenvalue weighted by atomic mass is 32.2. The molecule has 7 N–H and O–H groups in total. The minimum Gasteiger partial charge on any atom is -0.394 e. The molecule has 2 aliphatic rings. The molecule has 2 aliphatic heterocycles. The summed E-state index contributed by atoms with van der Waals surface area (Å²) in [5.74, 6) is 0.899. The van der Waals surface area contributed by atoms with E-state index in [1.165, 1.54) is 148 Å². The van der Waals surface area contributed by atoms with Crippen molar-refractivity contribution < 1.29 is 39.2 Å². The molecule has 0 bridgehead atoms. The smallest absolute Gasteiger partial charge is 0.186 e. The minimum absolute atomic E-state index is 0.0672. The molecule has 50 heavy (non-hydrogen) atoms. The zero-order valence-corrected chi connectivity index (χ0v) is 33.0. The molecule has 2 rings (SSSR count). The van der Waals surface area contributed by atoms with Crippen molar-refractivity contribution in [1.29, 1.82) is 0 Å². The molecule has 10 nitrogen and oxygen atoms in total. The van der Waals surface area contributed by atoms with Gasteiger partial charge in [-0.1, -0.05) is 129 Å². The number of hydrogen-bond acceptors (Lipinski definition) is 10. The van der Waals surface area contributed by atoms with Crippen molar-refractivity contribution in [3.8, 4) is 0 Å². The molecular formula is C39H80N2O8S. The van der Waals surface area contributed by atoms with Crippen LogP contribution in [0.4, 0.5) is 0 Å². The molecule has 0 saturated carbocycles. The largest absolute Gasteiger partial charge is 0.394 e. The van der Waals surface area contributed by atoms with Gasteiger partial charge in [0.2, 0.25) is 0 Å². The Kier molecular flexibility index (Phi) is 30.8. The number of hydrogen-bond donors (Lipinski definition) is 6. The van der Waals surface area contributed by atoms with E-state index in [9.17, 15) is 29.7 Å². The summed E-state index contributed by atoms with van der Waals surface area (Å²) >= 11 is 0. The Balaban J connectivity index is 0.000000585. The number of ether oxygens (including phenoxy) is 2. The number of unbranched alkanes of at least 4 members (excludes halogenated alkanes) is 19. The van der Waals surface area contributed by atoms with Gasteiger partial charge in [0.05, 0.1) is 25.4 Å². The zero-order valence-electron chi connectivity index (χ0n) is 32.1. The quantitative estimate of drug-likeness (QED) is 0.0515. The van der Waals surface area contributed by atoms with Gasteiger partial charge in [-0.05, 0) is 51.7 Å². The molecule has 0 aromatic rings. The Labute approximate surface area is 308 Å². The molecule has 8 unspecified atom stereocenters. The predicted molar refractivity (Wildman–Crippen MR) is 206 cm³/mol. The summed E-state index contributed by atoms with van der Waals surface area (Å²) < 4.78 is 21.5. The minimum atomic E-state index is -1.49. The third-order valence-electron chi connectivity index (χ3n) is 10.3. The molecule has 11 heteroatoms. The van der Waals surface area contributed by atoms with Crippen LogP contribution >= 0.6 is 0 Å². The number of likely N-dealkylation sites (tertiary alicyclic amines) is 1. The summed E-state index contributed by atoms with van der Waals surface area (Å²) in [6.45, 7) is 5.69. The van der Waals surface area contributed by atoms with Gasteiger partial charge in [0.1, 0.15) is 24.4 Å². The van der Waals surface area contributed by atoms with Crippen molar-refractivity contribution in [1.82, 2.24) is 4.90 Å². The molecule has 8 atom stereocenters. The normalized spacial score (nSPS) is 24.5. The van der Waals surface area contributed by atoms with Gasteiger partial charge in [0.15, 0.2) is 6.29 Å². The maximum absolute atomic E-state index is 10.9. The highest BCUT2D eigenvalue weighted by Gasteiger charge is 2.44. The first-order valence-electron chi connectivity index (χ1n) is 20.6. The topological polar surface area (TPSA) is 166 Å². The first-order chi connectivity index (χ1) is 24.2. The van der Waals surface area contributed by atoms with Crippen molar-refractivity contribution in [2.75, 3.05) is 44.9 Å². The van der Waals surface area contributed by atoms with Crippen LogP contribution < -0.4 is 5.73 Å². The van der Waals surface area contributed by atoms with E-state index in [4.69, 9.17) is 15.2 Å². The van der Waals surface area contributed by atoms with Crippen molar-refractivity contribution >= 4 is 10.8 Å². The third kappa shape index (κ3) is 24.2. The Bertz CT molecular complexity index is 776. The fraction of sp³-hybridized carbons (Fsp3) is 1.00. The summed E-state index contributed by atoms with van der Waals surface area (Å²) in [5, 5.41) is 49.0. The average molecular weight is 737 g/mol. The highest BCUT2D eigenvalue weighted by molar-refractivity contribution is 7.84. The van der Waals surface area contributed by atoms with Gasteiger partial charge in [0, 0.05) is 22.8 Å². The second kappa shape index (κ2) is 32.2. The first-order valence-corrected chi connectivity index (χ1v) is 22.3. The summed E-state index contributed by atoms with van der Waals surface area (Å²) in [4.78, 5) is 2.62. The van der Waals surface area contributed by atoms with Crippen LogP contribution in [0.2, 0.25) is 0 Å². The fourth-order valence-electron chi connectivity index (χ4n) is 6.82. The monoisotopic (exact) mass is 737 g/mol. The van der Waals surface area contributed by atoms with Crippen LogP contribution in [0.5, 0.6) is 0 Å². The Morgan fingerprint density at radius 1 is 0.740 bits per heavy atom. The Morgan fingerprint density at radius 2 is 1.22 bits per heavy atom. The van der Waals surface area contributed by atoms with Gasteiger partial charge < -0.3 is 45.6 Å². The van der Waals surface area contributed by atoms with Crippen LogP contribution in [0, 0.1) is 0 Å². The van der Waals surface area contributed by atoms with E-state index in [1.807, 2.05) is 0 Å². The van der Waals surface area contributed by atoms with Gasteiger partial charge in [-0.15, -0.1) is 0 Å². The molecule has 2 saturated heterocycles. The van der Waals surface area contributed by atoms with E-state index in [2.05, 4.69) is 11.8 Å². The lowest BCUT2D eigenvalue weighted by Gasteiger charge is -2.40. The number of nitrogens with two attached hydrogens (primary N) is 1. The Morgan fingerprint density at radius 3 is 1.72 bits per heavy atom. The molecular weight excluding hydrogens is 657 g/mol. The number of aliphatic hydroxyl groups excluding tert-OH is 5. The second-order valence-electron chi connectivity index (χ2n) is 14.9. The van der Waals surface area contributed by atoms with Crippen LogP contribution in [0.25, 0.3) is 0 Å². The lowest BCUT2D eigenvalue weighted by Crippen LogP contribution is -2.59. The van der Waals surface area contributed by atoms with Crippen LogP contribution in [0.15, 0.2) is 0 Å². The molecule has 0 aliphatic carbocycles. The lowest BCUT2D eigenvalue weighted by molar-refractivity contribution is -0.302. The van der Waals surface area contributed by atoms with E-state index in [0.29, 0.717) is 6.42 Å². The number of nitrogens with zero attached hydrogens (tertiary/aromatic N) is 1. The molecule has 0 amide bonds. The summed E-state index contributed by atoms with van der Waals surface area (Å²) in [6.07, 6.45) is 25.1. The standard InChI is InChI=1S/C24H49NO7.C15H31NOS/c1-2-3-4-5-6-7-8-9-10-11-12-13-14-15-19(27)18(25)17-31-24-23(30)22(29)21(28)20(16-26)32-24;1-18(17)15-11-7-5-3-2-4-6-8-12-16-13-9-10-14-16/h18-24,26-30H,2-17,25H2,1H3;2-15H2,1H3. The number of rotatable bonds is 30. The van der Waals surface area contributed by atoms with E-state index >= 15 is 0 Å². The van der Waals surface area contributed by atoms with Crippen molar-refractivity contribution in [2.45, 2.75) is 204 Å². The van der Waals surface area contributed by atoms with E-state index in [-0.39, 0.29) is 6.61 Å². The van der Waals surface area contributed by atoms with Crippen molar-refractivity contribution in [3.05, 3.63) is 0 Å². The third-order valence-corrected chi connectivity index (χ3v) is 11.1. The zero-order chi connectivity index (χ0) is 36.8. The maximum atomic E-state index is 10.9. The van der Waals surface area contributed by atoms with E-state index in [0.717, 1.165) is 25.0 Å². The van der Waals surface area contributed by atoms with Crippen LogP contribution in [0.1, 0.15) is 161 Å². The van der Waals surface area contributed by atoms with Crippen LogP contribution in [0.3, 0.4) is 0 Å². The highest BCUT2D eigenvalue weighted by Crippen LogP contribution is 2.22. The molecule has 0 aromatic heterocycles. The van der Waals surface area contributed by atoms with Crippen LogP contribution in [-0.4, -0.2) is 122 Å². The summed E-state index contributed by atoms with van der Waals surface area (Å²) in [7, 11) is -0.583. The van der Waals surface area contributed by atoms with Gasteiger partial charge in [-0.3, -0.25) is 4.21 Å². The van der Waals surface area contributed by atoms with E-state index < -0.39 is 60.3 Å². The average Bonchev–Trinajstić information content (AvgIpc) is 3.63. The van der Waals surface area contributed by atoms with Gasteiger partial charge >= 0.3 is 0 Å².